The van der Waals surface area contributed by atoms with Crippen LogP contribution in [0.4, 0.5) is 5.69 Å². The molecular weight excluding hydrogens is 380 g/mol. The van der Waals surface area contributed by atoms with Crippen LogP contribution >= 0.6 is 0 Å². The summed E-state index contributed by atoms with van der Waals surface area (Å²) in [6.45, 7) is 0.869. The molecule has 0 saturated carbocycles. The summed E-state index contributed by atoms with van der Waals surface area (Å²) < 4.78 is 23.4. The molecule has 1 heterocycles. The molecule has 1 aliphatic heterocycles. The standard InChI is InChI=1S/C19H22N4O4S/c24-23(25)18-8-6-16(7-9-18)13-21-19(20-12-15-4-2-1-3-5-15)22-17-10-11-28(26,27)14-17/h1-9,17H,10-14H2,(H2,20,21,22). The Balaban J connectivity index is 1.67. The average Bonchev–Trinajstić information content (AvgIpc) is 3.03. The molecule has 1 fully saturated rings. The predicted octanol–water partition coefficient (Wildman–Crippen LogP) is 2.02. The summed E-state index contributed by atoms with van der Waals surface area (Å²) in [6, 6.07) is 15.8. The number of benzene rings is 2. The third-order valence-electron chi connectivity index (χ3n) is 4.44. The van der Waals surface area contributed by atoms with Crippen molar-refractivity contribution in [3.63, 3.8) is 0 Å². The van der Waals surface area contributed by atoms with E-state index < -0.39 is 14.8 Å². The maximum absolute atomic E-state index is 11.7. The van der Waals surface area contributed by atoms with Gasteiger partial charge in [0.1, 0.15) is 0 Å². The number of guanidine groups is 1. The Kier molecular flexibility index (Phi) is 6.25. The van der Waals surface area contributed by atoms with Crippen molar-refractivity contribution < 1.29 is 13.3 Å². The Morgan fingerprint density at radius 2 is 1.82 bits per heavy atom. The lowest BCUT2D eigenvalue weighted by molar-refractivity contribution is -0.384. The number of sulfone groups is 1. The van der Waals surface area contributed by atoms with Crippen LogP contribution in [0.3, 0.4) is 0 Å². The molecule has 28 heavy (non-hydrogen) atoms. The lowest BCUT2D eigenvalue weighted by atomic mass is 10.2. The molecule has 148 valence electrons. The molecule has 2 aromatic rings. The van der Waals surface area contributed by atoms with Gasteiger partial charge >= 0.3 is 0 Å². The molecular formula is C19H22N4O4S. The van der Waals surface area contributed by atoms with E-state index in [9.17, 15) is 18.5 Å². The molecule has 1 saturated heterocycles. The highest BCUT2D eigenvalue weighted by atomic mass is 32.2. The number of hydrogen-bond donors (Lipinski definition) is 2. The smallest absolute Gasteiger partial charge is 0.269 e. The molecule has 0 aliphatic carbocycles. The topological polar surface area (TPSA) is 114 Å². The van der Waals surface area contributed by atoms with E-state index in [2.05, 4.69) is 15.6 Å². The molecule has 8 nitrogen and oxygen atoms in total. The van der Waals surface area contributed by atoms with Crippen molar-refractivity contribution in [2.24, 2.45) is 4.99 Å². The van der Waals surface area contributed by atoms with Gasteiger partial charge in [-0.15, -0.1) is 0 Å². The Bertz CT molecular complexity index is 944. The Morgan fingerprint density at radius 3 is 2.43 bits per heavy atom. The Hall–Kier alpha value is -2.94. The molecule has 1 unspecified atom stereocenters. The van der Waals surface area contributed by atoms with E-state index in [1.54, 1.807) is 12.1 Å². The van der Waals surface area contributed by atoms with Gasteiger partial charge in [-0.25, -0.2) is 13.4 Å². The summed E-state index contributed by atoms with van der Waals surface area (Å²) in [6.07, 6.45) is 0.548. The highest BCUT2D eigenvalue weighted by molar-refractivity contribution is 7.91. The molecule has 1 aliphatic rings. The maximum atomic E-state index is 11.7. The van der Waals surface area contributed by atoms with Gasteiger partial charge in [-0.2, -0.15) is 0 Å². The number of non-ortho nitro benzene ring substituents is 1. The van der Waals surface area contributed by atoms with Crippen LogP contribution in [-0.2, 0) is 22.9 Å². The third kappa shape index (κ3) is 5.78. The summed E-state index contributed by atoms with van der Waals surface area (Å²) in [7, 11) is -3.00. The number of nitro benzene ring substituents is 1. The second-order valence-corrected chi connectivity index (χ2v) is 8.90. The molecule has 0 radical (unpaired) electrons. The van der Waals surface area contributed by atoms with Crippen LogP contribution in [0.15, 0.2) is 59.6 Å². The number of nitro groups is 1. The first-order chi connectivity index (χ1) is 13.4. The summed E-state index contributed by atoms with van der Waals surface area (Å²) in [5.41, 5.74) is 1.94. The summed E-state index contributed by atoms with van der Waals surface area (Å²) in [5.74, 6) is 0.791. The molecule has 9 heteroatoms. The minimum absolute atomic E-state index is 0.0380. The second kappa shape index (κ2) is 8.83. The molecule has 1 atom stereocenters. The first-order valence-corrected chi connectivity index (χ1v) is 10.8. The number of hydrogen-bond acceptors (Lipinski definition) is 5. The predicted molar refractivity (Wildman–Crippen MR) is 108 cm³/mol. The van der Waals surface area contributed by atoms with Crippen LogP contribution in [0.25, 0.3) is 0 Å². The first kappa shape index (κ1) is 19.8. The molecule has 2 N–H and O–H groups in total. The van der Waals surface area contributed by atoms with Crippen molar-refractivity contribution in [1.82, 2.24) is 10.6 Å². The number of aliphatic imine (C=N–C) groups is 1. The minimum atomic E-state index is -3.00. The second-order valence-electron chi connectivity index (χ2n) is 6.67. The third-order valence-corrected chi connectivity index (χ3v) is 6.21. The van der Waals surface area contributed by atoms with Crippen molar-refractivity contribution in [2.45, 2.75) is 25.6 Å². The zero-order valence-corrected chi connectivity index (χ0v) is 16.1. The normalized spacial score (nSPS) is 18.6. The van der Waals surface area contributed by atoms with Crippen molar-refractivity contribution in [2.75, 3.05) is 11.5 Å². The van der Waals surface area contributed by atoms with Crippen LogP contribution < -0.4 is 10.6 Å². The average molecular weight is 402 g/mol. The molecule has 3 rings (SSSR count). The fraction of sp³-hybridized carbons (Fsp3) is 0.316. The molecule has 0 amide bonds. The van der Waals surface area contributed by atoms with E-state index in [0.717, 1.165) is 11.1 Å². The van der Waals surface area contributed by atoms with E-state index in [4.69, 9.17) is 0 Å². The van der Waals surface area contributed by atoms with Gasteiger partial charge in [0.15, 0.2) is 15.8 Å². The van der Waals surface area contributed by atoms with Gasteiger partial charge in [-0.3, -0.25) is 10.1 Å². The van der Waals surface area contributed by atoms with Gasteiger partial charge < -0.3 is 10.6 Å². The van der Waals surface area contributed by atoms with Gasteiger partial charge in [0.05, 0.1) is 23.0 Å². The zero-order valence-electron chi connectivity index (χ0n) is 15.2. The fourth-order valence-electron chi connectivity index (χ4n) is 2.93. The van der Waals surface area contributed by atoms with E-state index in [1.165, 1.54) is 12.1 Å². The quantitative estimate of drug-likeness (QED) is 0.331. The summed E-state index contributed by atoms with van der Waals surface area (Å²) in [5, 5.41) is 17.1. The monoisotopic (exact) mass is 402 g/mol. The number of rotatable bonds is 6. The largest absolute Gasteiger partial charge is 0.353 e. The lowest BCUT2D eigenvalue weighted by Crippen LogP contribution is -2.43. The highest BCUT2D eigenvalue weighted by Crippen LogP contribution is 2.13. The Labute approximate surface area is 163 Å². The maximum Gasteiger partial charge on any atom is 0.269 e. The summed E-state index contributed by atoms with van der Waals surface area (Å²) >= 11 is 0. The van der Waals surface area contributed by atoms with Gasteiger partial charge in [0.2, 0.25) is 0 Å². The van der Waals surface area contributed by atoms with Gasteiger partial charge in [-0.05, 0) is 17.5 Å². The number of nitrogens with one attached hydrogen (secondary N) is 2. The van der Waals surface area contributed by atoms with E-state index in [-0.39, 0.29) is 23.2 Å². The Morgan fingerprint density at radius 1 is 1.11 bits per heavy atom. The van der Waals surface area contributed by atoms with Gasteiger partial charge in [0.25, 0.3) is 5.69 Å². The molecule has 0 aromatic heterocycles. The SMILES string of the molecule is O=[N+]([O-])c1ccc(CNC(=NCc2ccccc2)NC2CCS(=O)(=O)C2)cc1. The lowest BCUT2D eigenvalue weighted by Gasteiger charge is -2.17. The van der Waals surface area contributed by atoms with Crippen LogP contribution in [0, 0.1) is 10.1 Å². The summed E-state index contributed by atoms with van der Waals surface area (Å²) in [4.78, 5) is 14.9. The van der Waals surface area contributed by atoms with Crippen LogP contribution in [0.2, 0.25) is 0 Å². The zero-order chi connectivity index (χ0) is 20.0. The van der Waals surface area contributed by atoms with Crippen molar-refractivity contribution in [3.05, 3.63) is 75.8 Å². The van der Waals surface area contributed by atoms with Crippen molar-refractivity contribution in [3.8, 4) is 0 Å². The minimum Gasteiger partial charge on any atom is -0.353 e. The highest BCUT2D eigenvalue weighted by Gasteiger charge is 2.28. The fourth-order valence-corrected chi connectivity index (χ4v) is 4.60. The number of nitrogens with zero attached hydrogens (tertiary/aromatic N) is 2. The molecule has 0 spiro atoms. The molecule has 2 aromatic carbocycles. The van der Waals surface area contributed by atoms with Crippen LogP contribution in [0.5, 0.6) is 0 Å². The van der Waals surface area contributed by atoms with Crippen LogP contribution in [0.1, 0.15) is 17.5 Å². The van der Waals surface area contributed by atoms with Crippen LogP contribution in [-0.4, -0.2) is 36.8 Å². The van der Waals surface area contributed by atoms with E-state index >= 15 is 0 Å². The van der Waals surface area contributed by atoms with Gasteiger partial charge in [0, 0.05) is 24.7 Å². The first-order valence-electron chi connectivity index (χ1n) is 8.94. The van der Waals surface area contributed by atoms with E-state index in [0.29, 0.717) is 25.5 Å². The van der Waals surface area contributed by atoms with E-state index in [1.807, 2.05) is 30.3 Å². The van der Waals surface area contributed by atoms with Gasteiger partial charge in [-0.1, -0.05) is 42.5 Å². The van der Waals surface area contributed by atoms with Crippen molar-refractivity contribution >= 4 is 21.5 Å². The van der Waals surface area contributed by atoms with Crippen molar-refractivity contribution in [1.29, 1.82) is 0 Å². The molecule has 0 bridgehead atoms.